The van der Waals surface area contributed by atoms with Gasteiger partial charge in [-0.05, 0) is 54.4 Å². The van der Waals surface area contributed by atoms with Gasteiger partial charge in [-0.3, -0.25) is 14.2 Å². The lowest BCUT2D eigenvalue weighted by Crippen LogP contribution is -2.22. The minimum atomic E-state index is -0.270. The Morgan fingerprint density at radius 1 is 0.931 bits per heavy atom. The molecule has 29 heavy (non-hydrogen) atoms. The SMILES string of the molecule is CCc1ccc(NC(=O)c2cn(-c3ccc(Cl)cc3)c(=O)c3ccccc23)cc1. The van der Waals surface area contributed by atoms with Crippen molar-refractivity contribution in [2.24, 2.45) is 0 Å². The van der Waals surface area contributed by atoms with E-state index < -0.39 is 0 Å². The van der Waals surface area contributed by atoms with Crippen LogP contribution in [0, 0.1) is 0 Å². The van der Waals surface area contributed by atoms with Gasteiger partial charge in [0.15, 0.2) is 0 Å². The van der Waals surface area contributed by atoms with E-state index in [0.29, 0.717) is 32.7 Å². The average molecular weight is 403 g/mol. The van der Waals surface area contributed by atoms with Crippen LogP contribution in [0.5, 0.6) is 0 Å². The molecular weight excluding hydrogens is 384 g/mol. The second-order valence-corrected chi connectivity index (χ2v) is 7.18. The molecule has 144 valence electrons. The number of carbonyl (C=O) groups excluding carboxylic acids is 1. The van der Waals surface area contributed by atoms with Crippen molar-refractivity contribution in [3.8, 4) is 5.69 Å². The van der Waals surface area contributed by atoms with Crippen LogP contribution in [0.4, 0.5) is 5.69 Å². The summed E-state index contributed by atoms with van der Waals surface area (Å²) in [6, 6.07) is 21.8. The highest BCUT2D eigenvalue weighted by molar-refractivity contribution is 6.30. The van der Waals surface area contributed by atoms with Crippen molar-refractivity contribution in [1.82, 2.24) is 4.57 Å². The Hall–Kier alpha value is -3.37. The molecule has 4 rings (SSSR count). The Labute approximate surface area is 173 Å². The Bertz CT molecular complexity index is 1240. The maximum absolute atomic E-state index is 13.1. The molecule has 5 heteroatoms. The van der Waals surface area contributed by atoms with Crippen molar-refractivity contribution in [3.05, 3.63) is 105 Å². The monoisotopic (exact) mass is 402 g/mol. The summed E-state index contributed by atoms with van der Waals surface area (Å²) >= 11 is 5.98. The maximum atomic E-state index is 13.1. The quantitative estimate of drug-likeness (QED) is 0.492. The van der Waals surface area contributed by atoms with Gasteiger partial charge in [-0.15, -0.1) is 0 Å². The van der Waals surface area contributed by atoms with Gasteiger partial charge in [0.25, 0.3) is 11.5 Å². The number of aryl methyl sites for hydroxylation is 1. The molecule has 4 aromatic rings. The molecule has 0 spiro atoms. The molecule has 0 fully saturated rings. The molecule has 0 unspecified atom stereocenters. The fourth-order valence-corrected chi connectivity index (χ4v) is 3.41. The second kappa shape index (κ2) is 7.94. The van der Waals surface area contributed by atoms with Gasteiger partial charge in [0.05, 0.1) is 5.56 Å². The van der Waals surface area contributed by atoms with Crippen LogP contribution in [0.1, 0.15) is 22.8 Å². The number of benzene rings is 3. The van der Waals surface area contributed by atoms with Gasteiger partial charge < -0.3 is 5.32 Å². The maximum Gasteiger partial charge on any atom is 0.262 e. The Morgan fingerprint density at radius 3 is 2.24 bits per heavy atom. The van der Waals surface area contributed by atoms with Crippen molar-refractivity contribution >= 4 is 34.0 Å². The molecule has 1 amide bonds. The molecule has 1 heterocycles. The highest BCUT2D eigenvalue weighted by Gasteiger charge is 2.16. The molecule has 0 radical (unpaired) electrons. The van der Waals surface area contributed by atoms with E-state index in [4.69, 9.17) is 11.6 Å². The molecule has 4 nitrogen and oxygen atoms in total. The number of nitrogens with one attached hydrogen (secondary N) is 1. The fourth-order valence-electron chi connectivity index (χ4n) is 3.29. The van der Waals surface area contributed by atoms with Gasteiger partial charge in [0.1, 0.15) is 0 Å². The third-order valence-electron chi connectivity index (χ3n) is 4.89. The zero-order valence-electron chi connectivity index (χ0n) is 15.9. The van der Waals surface area contributed by atoms with Crippen LogP contribution in [0.25, 0.3) is 16.5 Å². The molecule has 0 saturated carbocycles. The number of carbonyl (C=O) groups is 1. The van der Waals surface area contributed by atoms with Gasteiger partial charge in [-0.1, -0.05) is 48.9 Å². The largest absolute Gasteiger partial charge is 0.322 e. The van der Waals surface area contributed by atoms with Gasteiger partial charge in [0.2, 0.25) is 0 Å². The van der Waals surface area contributed by atoms with E-state index in [9.17, 15) is 9.59 Å². The molecule has 0 aliphatic heterocycles. The Balaban J connectivity index is 1.82. The van der Waals surface area contributed by atoms with E-state index in [0.717, 1.165) is 6.42 Å². The third-order valence-corrected chi connectivity index (χ3v) is 5.15. The van der Waals surface area contributed by atoms with E-state index in [2.05, 4.69) is 12.2 Å². The van der Waals surface area contributed by atoms with Crippen LogP contribution in [0.15, 0.2) is 83.8 Å². The molecule has 0 atom stereocenters. The van der Waals surface area contributed by atoms with E-state index in [-0.39, 0.29) is 11.5 Å². The van der Waals surface area contributed by atoms with Crippen molar-refractivity contribution in [2.75, 3.05) is 5.32 Å². The topological polar surface area (TPSA) is 51.1 Å². The molecule has 1 N–H and O–H groups in total. The van der Waals surface area contributed by atoms with Crippen molar-refractivity contribution in [1.29, 1.82) is 0 Å². The number of halogens is 1. The number of hydrogen-bond donors (Lipinski definition) is 1. The smallest absolute Gasteiger partial charge is 0.262 e. The third kappa shape index (κ3) is 3.80. The predicted octanol–water partition coefficient (Wildman–Crippen LogP) is 5.46. The fraction of sp³-hybridized carbons (Fsp3) is 0.0833. The lowest BCUT2D eigenvalue weighted by molar-refractivity contribution is 0.102. The first-order chi connectivity index (χ1) is 14.1. The Morgan fingerprint density at radius 2 is 1.59 bits per heavy atom. The number of fused-ring (bicyclic) bond motifs is 1. The summed E-state index contributed by atoms with van der Waals surface area (Å²) in [7, 11) is 0. The van der Waals surface area contributed by atoms with Gasteiger partial charge in [-0.25, -0.2) is 0 Å². The molecule has 0 bridgehead atoms. The number of nitrogens with zero attached hydrogens (tertiary/aromatic N) is 1. The van der Waals surface area contributed by atoms with Crippen molar-refractivity contribution in [2.45, 2.75) is 13.3 Å². The minimum absolute atomic E-state index is 0.188. The van der Waals surface area contributed by atoms with Gasteiger partial charge in [0, 0.05) is 33.4 Å². The van der Waals surface area contributed by atoms with Gasteiger partial charge >= 0.3 is 0 Å². The molecule has 1 aromatic heterocycles. The Kier molecular flexibility index (Phi) is 5.19. The first kappa shape index (κ1) is 19.0. The van der Waals surface area contributed by atoms with Crippen molar-refractivity contribution in [3.63, 3.8) is 0 Å². The summed E-state index contributed by atoms with van der Waals surface area (Å²) in [5.41, 5.74) is 2.79. The first-order valence-corrected chi connectivity index (χ1v) is 9.75. The zero-order valence-corrected chi connectivity index (χ0v) is 16.6. The number of amides is 1. The van der Waals surface area contributed by atoms with Crippen molar-refractivity contribution < 1.29 is 4.79 Å². The predicted molar refractivity (Wildman–Crippen MR) is 118 cm³/mol. The highest BCUT2D eigenvalue weighted by Crippen LogP contribution is 2.20. The second-order valence-electron chi connectivity index (χ2n) is 6.74. The van der Waals surface area contributed by atoms with E-state index in [1.165, 1.54) is 10.1 Å². The van der Waals surface area contributed by atoms with E-state index in [1.54, 1.807) is 48.7 Å². The summed E-state index contributed by atoms with van der Waals surface area (Å²) < 4.78 is 1.48. The normalized spacial score (nSPS) is 10.8. The molecule has 3 aromatic carbocycles. The zero-order chi connectivity index (χ0) is 20.4. The highest BCUT2D eigenvalue weighted by atomic mass is 35.5. The van der Waals surface area contributed by atoms with E-state index in [1.807, 2.05) is 30.3 Å². The standard InChI is InChI=1S/C24H19ClN2O2/c1-2-16-7-11-18(12-8-16)26-23(28)22-15-27(19-13-9-17(25)10-14-19)24(29)21-6-4-3-5-20(21)22/h3-15H,2H2,1H3,(H,26,28). The summed E-state index contributed by atoms with van der Waals surface area (Å²) in [4.78, 5) is 26.1. The average Bonchev–Trinajstić information content (AvgIpc) is 2.75. The number of pyridine rings is 1. The van der Waals surface area contributed by atoms with Crippen LogP contribution in [0.3, 0.4) is 0 Å². The minimum Gasteiger partial charge on any atom is -0.322 e. The number of rotatable bonds is 4. The summed E-state index contributed by atoms with van der Waals surface area (Å²) in [6.07, 6.45) is 2.52. The van der Waals surface area contributed by atoms with Crippen LogP contribution >= 0.6 is 11.6 Å². The first-order valence-electron chi connectivity index (χ1n) is 9.37. The number of hydrogen-bond acceptors (Lipinski definition) is 2. The van der Waals surface area contributed by atoms with Crippen LogP contribution in [0.2, 0.25) is 5.02 Å². The van der Waals surface area contributed by atoms with Gasteiger partial charge in [-0.2, -0.15) is 0 Å². The molecule has 0 aliphatic carbocycles. The lowest BCUT2D eigenvalue weighted by atomic mass is 10.1. The van der Waals surface area contributed by atoms with Crippen LogP contribution < -0.4 is 10.9 Å². The molecule has 0 aliphatic rings. The summed E-state index contributed by atoms with van der Waals surface area (Å²) in [6.45, 7) is 2.08. The molecule has 0 saturated heterocycles. The lowest BCUT2D eigenvalue weighted by Gasteiger charge is -2.13. The summed E-state index contributed by atoms with van der Waals surface area (Å²) in [5, 5.41) is 4.61. The molecular formula is C24H19ClN2O2. The number of aromatic nitrogens is 1. The van der Waals surface area contributed by atoms with Crippen LogP contribution in [-0.2, 0) is 6.42 Å². The summed E-state index contributed by atoms with van der Waals surface area (Å²) in [5.74, 6) is -0.270. The number of anilines is 1. The van der Waals surface area contributed by atoms with Crippen LogP contribution in [-0.4, -0.2) is 10.5 Å². The van der Waals surface area contributed by atoms with E-state index >= 15 is 0 Å².